The molecule has 0 saturated carbocycles. The van der Waals surface area contributed by atoms with Crippen molar-refractivity contribution in [3.63, 3.8) is 0 Å². The molecule has 0 fully saturated rings. The van der Waals surface area contributed by atoms with Gasteiger partial charge in [0.15, 0.2) is 0 Å². The number of halogens is 2. The molecular formula is C13H16F2N2. The van der Waals surface area contributed by atoms with E-state index in [1.807, 2.05) is 0 Å². The summed E-state index contributed by atoms with van der Waals surface area (Å²) >= 11 is 0. The van der Waals surface area contributed by atoms with E-state index in [1.165, 1.54) is 12.1 Å². The van der Waals surface area contributed by atoms with Gasteiger partial charge < -0.3 is 5.73 Å². The van der Waals surface area contributed by atoms with Crippen LogP contribution in [-0.2, 0) is 0 Å². The Bertz CT molecular complexity index is 390. The lowest BCUT2D eigenvalue weighted by atomic mass is 10.0. The molecule has 0 saturated heterocycles. The smallest absolute Gasteiger partial charge is 0.263 e. The summed E-state index contributed by atoms with van der Waals surface area (Å²) in [5.74, 6) is 5.65. The van der Waals surface area contributed by atoms with Gasteiger partial charge in [-0.1, -0.05) is 30.2 Å². The molecule has 1 aromatic carbocycles. The Morgan fingerprint density at radius 3 is 2.29 bits per heavy atom. The predicted molar refractivity (Wildman–Crippen MR) is 64.6 cm³/mol. The fraction of sp³-hybridized carbons (Fsp3) is 0.385. The molecule has 0 aromatic heterocycles. The third kappa shape index (κ3) is 4.14. The minimum absolute atomic E-state index is 0.0258. The summed E-state index contributed by atoms with van der Waals surface area (Å²) in [6, 6.07) is 6.14. The first-order chi connectivity index (χ1) is 8.19. The number of hydrogen-bond donors (Lipinski definition) is 2. The van der Waals surface area contributed by atoms with Crippen LogP contribution in [0.15, 0.2) is 24.3 Å². The number of hydrogen-bond acceptors (Lipinski definition) is 2. The molecule has 0 bridgehead atoms. The van der Waals surface area contributed by atoms with Gasteiger partial charge in [0.05, 0.1) is 6.54 Å². The maximum atomic E-state index is 12.4. The molecule has 0 radical (unpaired) electrons. The van der Waals surface area contributed by atoms with Crippen LogP contribution in [0.2, 0.25) is 0 Å². The summed E-state index contributed by atoms with van der Waals surface area (Å²) in [6.07, 6.45) is -2.43. The normalized spacial score (nSPS) is 12.1. The van der Waals surface area contributed by atoms with E-state index in [-0.39, 0.29) is 11.6 Å². The molecule has 0 aliphatic carbocycles. The van der Waals surface area contributed by atoms with Gasteiger partial charge in [0.2, 0.25) is 0 Å². The molecule has 92 valence electrons. The summed E-state index contributed by atoms with van der Waals surface area (Å²) in [6.45, 7) is 2.70. The molecule has 17 heavy (non-hydrogen) atoms. The van der Waals surface area contributed by atoms with Crippen LogP contribution in [-0.4, -0.2) is 13.1 Å². The number of rotatable bonds is 5. The molecule has 4 heteroatoms. The van der Waals surface area contributed by atoms with E-state index in [4.69, 9.17) is 5.73 Å². The van der Waals surface area contributed by atoms with Crippen molar-refractivity contribution in [2.24, 2.45) is 5.73 Å². The van der Waals surface area contributed by atoms with E-state index in [2.05, 4.69) is 17.2 Å². The molecular weight excluding hydrogens is 222 g/mol. The quantitative estimate of drug-likeness (QED) is 0.772. The van der Waals surface area contributed by atoms with Crippen molar-refractivity contribution in [3.8, 4) is 11.8 Å². The maximum absolute atomic E-state index is 12.4. The second kappa shape index (κ2) is 7.00. The second-order valence-electron chi connectivity index (χ2n) is 3.56. The average molecular weight is 238 g/mol. The van der Waals surface area contributed by atoms with E-state index in [0.29, 0.717) is 13.1 Å². The van der Waals surface area contributed by atoms with Crippen molar-refractivity contribution < 1.29 is 8.78 Å². The van der Waals surface area contributed by atoms with E-state index in [0.717, 1.165) is 5.56 Å². The minimum Gasteiger partial charge on any atom is -0.329 e. The van der Waals surface area contributed by atoms with Crippen LogP contribution in [0.5, 0.6) is 0 Å². The van der Waals surface area contributed by atoms with Gasteiger partial charge in [-0.3, -0.25) is 5.32 Å². The van der Waals surface area contributed by atoms with Crippen LogP contribution in [0.3, 0.4) is 0 Å². The van der Waals surface area contributed by atoms with Crippen molar-refractivity contribution in [1.29, 1.82) is 0 Å². The Kier molecular flexibility index (Phi) is 5.61. The minimum atomic E-state index is -2.43. The van der Waals surface area contributed by atoms with Gasteiger partial charge in [0.25, 0.3) is 6.43 Å². The van der Waals surface area contributed by atoms with Crippen molar-refractivity contribution in [1.82, 2.24) is 5.32 Å². The molecule has 3 N–H and O–H groups in total. The third-order valence-electron chi connectivity index (χ3n) is 2.44. The molecule has 0 heterocycles. The number of nitrogens with one attached hydrogen (secondary N) is 1. The molecule has 2 nitrogen and oxygen atoms in total. The highest BCUT2D eigenvalue weighted by atomic mass is 19.3. The fourth-order valence-electron chi connectivity index (χ4n) is 1.47. The van der Waals surface area contributed by atoms with Crippen LogP contribution in [0.4, 0.5) is 8.78 Å². The van der Waals surface area contributed by atoms with Crippen LogP contribution in [0.1, 0.15) is 30.5 Å². The van der Waals surface area contributed by atoms with Gasteiger partial charge in [0.1, 0.15) is 0 Å². The Labute approximate surface area is 100 Å². The van der Waals surface area contributed by atoms with E-state index < -0.39 is 6.43 Å². The first-order valence-corrected chi connectivity index (χ1v) is 5.40. The number of nitrogens with two attached hydrogens (primary N) is 1. The topological polar surface area (TPSA) is 38.0 Å². The van der Waals surface area contributed by atoms with Crippen LogP contribution in [0, 0.1) is 11.8 Å². The zero-order valence-electron chi connectivity index (χ0n) is 9.71. The monoisotopic (exact) mass is 238 g/mol. The lowest BCUT2D eigenvalue weighted by Crippen LogP contribution is -2.28. The number of alkyl halides is 2. The van der Waals surface area contributed by atoms with Crippen LogP contribution in [0.25, 0.3) is 0 Å². The third-order valence-corrected chi connectivity index (χ3v) is 2.44. The predicted octanol–water partition coefficient (Wildman–Crippen LogP) is 2.24. The highest BCUT2D eigenvalue weighted by Crippen LogP contribution is 2.20. The maximum Gasteiger partial charge on any atom is 0.263 e. The molecule has 0 aliphatic rings. The second-order valence-corrected chi connectivity index (χ2v) is 3.56. The van der Waals surface area contributed by atoms with Crippen molar-refractivity contribution in [2.45, 2.75) is 19.4 Å². The van der Waals surface area contributed by atoms with Crippen LogP contribution < -0.4 is 11.1 Å². The summed E-state index contributed by atoms with van der Waals surface area (Å²) in [4.78, 5) is 0. The van der Waals surface area contributed by atoms with E-state index >= 15 is 0 Å². The van der Waals surface area contributed by atoms with Crippen LogP contribution >= 0.6 is 0 Å². The summed E-state index contributed by atoms with van der Waals surface area (Å²) < 4.78 is 24.7. The summed E-state index contributed by atoms with van der Waals surface area (Å²) in [5.41, 5.74) is 6.55. The van der Waals surface area contributed by atoms with Gasteiger partial charge in [-0.05, 0) is 12.5 Å². The van der Waals surface area contributed by atoms with Gasteiger partial charge in [-0.15, -0.1) is 5.92 Å². The van der Waals surface area contributed by atoms with Gasteiger partial charge in [-0.2, -0.15) is 0 Å². The molecule has 0 aliphatic heterocycles. The lowest BCUT2D eigenvalue weighted by molar-refractivity contribution is 0.151. The zero-order valence-corrected chi connectivity index (χ0v) is 9.71. The van der Waals surface area contributed by atoms with Crippen molar-refractivity contribution >= 4 is 0 Å². The molecule has 0 spiro atoms. The van der Waals surface area contributed by atoms with Crippen molar-refractivity contribution in [2.75, 3.05) is 13.1 Å². The Morgan fingerprint density at radius 2 is 1.82 bits per heavy atom. The van der Waals surface area contributed by atoms with Gasteiger partial charge in [0, 0.05) is 18.2 Å². The highest BCUT2D eigenvalue weighted by Gasteiger charge is 2.10. The Morgan fingerprint density at radius 1 is 1.24 bits per heavy atom. The molecule has 1 rings (SSSR count). The lowest BCUT2D eigenvalue weighted by Gasteiger charge is -2.16. The fourth-order valence-corrected chi connectivity index (χ4v) is 1.47. The number of benzene rings is 1. The molecule has 1 atom stereocenters. The first-order valence-electron chi connectivity index (χ1n) is 5.40. The van der Waals surface area contributed by atoms with Crippen molar-refractivity contribution in [3.05, 3.63) is 35.4 Å². The van der Waals surface area contributed by atoms with Gasteiger partial charge >= 0.3 is 0 Å². The van der Waals surface area contributed by atoms with Gasteiger partial charge in [-0.25, -0.2) is 8.78 Å². The molecule has 1 aromatic rings. The standard InChI is InChI=1S/C13H16F2N2/c1-2-3-8-17-12(9-16)10-4-6-11(7-5-10)13(14)15/h4-7,12-13,17H,8-9,16H2,1H3. The van der Waals surface area contributed by atoms with E-state index in [9.17, 15) is 8.78 Å². The molecule has 1 unspecified atom stereocenters. The Balaban J connectivity index is 2.70. The summed E-state index contributed by atoms with van der Waals surface area (Å²) in [7, 11) is 0. The van der Waals surface area contributed by atoms with E-state index in [1.54, 1.807) is 19.1 Å². The largest absolute Gasteiger partial charge is 0.329 e. The highest BCUT2D eigenvalue weighted by molar-refractivity contribution is 5.26. The first kappa shape index (κ1) is 13.6. The average Bonchev–Trinajstić information content (AvgIpc) is 2.35. The SMILES string of the molecule is CC#CCNC(CN)c1ccc(C(F)F)cc1. The Hall–Kier alpha value is -1.44. The zero-order chi connectivity index (χ0) is 12.7. The molecule has 0 amide bonds. The summed E-state index contributed by atoms with van der Waals surface area (Å²) in [5, 5.41) is 3.15.